The predicted octanol–water partition coefficient (Wildman–Crippen LogP) is 2.89. The van der Waals surface area contributed by atoms with Crippen LogP contribution in [0.3, 0.4) is 0 Å². The number of piperazine rings is 1. The number of aromatic nitrogens is 2. The summed E-state index contributed by atoms with van der Waals surface area (Å²) in [6.07, 6.45) is 2.22. The number of hydrogen-bond donors (Lipinski definition) is 2. The van der Waals surface area contributed by atoms with Crippen molar-refractivity contribution in [3.8, 4) is 0 Å². The summed E-state index contributed by atoms with van der Waals surface area (Å²) in [6.45, 7) is 2.05. The van der Waals surface area contributed by atoms with Crippen LogP contribution in [0.5, 0.6) is 0 Å². The maximum atomic E-state index is 12.9. The van der Waals surface area contributed by atoms with Gasteiger partial charge in [0.15, 0.2) is 4.77 Å². The summed E-state index contributed by atoms with van der Waals surface area (Å²) in [5, 5.41) is 0.455. The number of rotatable bonds is 5. The molecule has 0 radical (unpaired) electrons. The van der Waals surface area contributed by atoms with Gasteiger partial charge in [-0.15, -0.1) is 0 Å². The molecule has 1 saturated heterocycles. The SMILES string of the molecule is O=C(CCCc1ccccc1)N1CCN(C(=O)c2ccc3c(=O)[nH]c(=S)[nH]c3c2)CC1. The van der Waals surface area contributed by atoms with E-state index in [2.05, 4.69) is 22.1 Å². The minimum absolute atomic E-state index is 0.113. The summed E-state index contributed by atoms with van der Waals surface area (Å²) in [4.78, 5) is 46.4. The van der Waals surface area contributed by atoms with Crippen molar-refractivity contribution in [2.45, 2.75) is 19.3 Å². The Morgan fingerprint density at radius 1 is 0.935 bits per heavy atom. The Balaban J connectivity index is 1.32. The summed E-state index contributed by atoms with van der Waals surface area (Å²) in [5.74, 6) is 0.0261. The summed E-state index contributed by atoms with van der Waals surface area (Å²) in [7, 11) is 0. The lowest BCUT2D eigenvalue weighted by atomic mass is 10.1. The molecule has 1 aliphatic heterocycles. The van der Waals surface area contributed by atoms with E-state index in [1.165, 1.54) is 5.56 Å². The maximum Gasteiger partial charge on any atom is 0.259 e. The Morgan fingerprint density at radius 2 is 1.65 bits per heavy atom. The Hall–Kier alpha value is -3.26. The fourth-order valence-electron chi connectivity index (χ4n) is 3.89. The van der Waals surface area contributed by atoms with Crippen LogP contribution in [-0.4, -0.2) is 57.8 Å². The fraction of sp³-hybridized carbons (Fsp3) is 0.304. The first-order valence-electron chi connectivity index (χ1n) is 10.4. The topological polar surface area (TPSA) is 89.3 Å². The van der Waals surface area contributed by atoms with Crippen molar-refractivity contribution in [1.82, 2.24) is 19.8 Å². The number of nitrogens with zero attached hydrogens (tertiary/aromatic N) is 2. The predicted molar refractivity (Wildman–Crippen MR) is 122 cm³/mol. The molecule has 1 aliphatic rings. The molecule has 4 rings (SSSR count). The van der Waals surface area contributed by atoms with Crippen molar-refractivity contribution >= 4 is 34.9 Å². The van der Waals surface area contributed by atoms with Crippen LogP contribution in [0.25, 0.3) is 10.9 Å². The van der Waals surface area contributed by atoms with Crippen molar-refractivity contribution in [2.75, 3.05) is 26.2 Å². The second-order valence-electron chi connectivity index (χ2n) is 7.68. The molecular weight excluding hydrogens is 412 g/mol. The van der Waals surface area contributed by atoms with Gasteiger partial charge in [-0.1, -0.05) is 30.3 Å². The van der Waals surface area contributed by atoms with Crippen LogP contribution in [0.1, 0.15) is 28.8 Å². The van der Waals surface area contributed by atoms with E-state index in [0.717, 1.165) is 12.8 Å². The number of hydrogen-bond acceptors (Lipinski definition) is 4. The molecule has 0 bridgehead atoms. The number of carbonyl (C=O) groups excluding carboxylic acids is 2. The number of fused-ring (bicyclic) bond motifs is 1. The molecule has 8 heteroatoms. The average molecular weight is 437 g/mol. The zero-order valence-corrected chi connectivity index (χ0v) is 17.9. The Labute approximate surface area is 184 Å². The highest BCUT2D eigenvalue weighted by Crippen LogP contribution is 2.15. The quantitative estimate of drug-likeness (QED) is 0.602. The van der Waals surface area contributed by atoms with Crippen LogP contribution < -0.4 is 5.56 Å². The average Bonchev–Trinajstić information content (AvgIpc) is 2.79. The van der Waals surface area contributed by atoms with Gasteiger partial charge in [0.05, 0.1) is 10.9 Å². The summed E-state index contributed by atoms with van der Waals surface area (Å²) < 4.78 is 0.224. The van der Waals surface area contributed by atoms with Crippen molar-refractivity contribution in [1.29, 1.82) is 0 Å². The molecule has 31 heavy (non-hydrogen) atoms. The molecule has 2 aromatic carbocycles. The molecule has 0 aliphatic carbocycles. The monoisotopic (exact) mass is 436 g/mol. The number of carbonyl (C=O) groups is 2. The third-order valence-electron chi connectivity index (χ3n) is 5.60. The largest absolute Gasteiger partial charge is 0.339 e. The molecule has 2 heterocycles. The molecule has 0 atom stereocenters. The lowest BCUT2D eigenvalue weighted by molar-refractivity contribution is -0.132. The van der Waals surface area contributed by atoms with E-state index in [1.807, 2.05) is 23.1 Å². The van der Waals surface area contributed by atoms with Crippen molar-refractivity contribution in [2.24, 2.45) is 0 Å². The lowest BCUT2D eigenvalue weighted by Gasteiger charge is -2.35. The van der Waals surface area contributed by atoms with E-state index in [0.29, 0.717) is 49.1 Å². The van der Waals surface area contributed by atoms with Crippen LogP contribution in [0, 0.1) is 4.77 Å². The normalized spacial score (nSPS) is 14.1. The van der Waals surface area contributed by atoms with Gasteiger partial charge in [-0.3, -0.25) is 19.4 Å². The van der Waals surface area contributed by atoms with E-state index in [-0.39, 0.29) is 22.1 Å². The molecule has 160 valence electrons. The van der Waals surface area contributed by atoms with Gasteiger partial charge in [-0.25, -0.2) is 0 Å². The highest BCUT2D eigenvalue weighted by atomic mass is 32.1. The fourth-order valence-corrected chi connectivity index (χ4v) is 4.09. The van der Waals surface area contributed by atoms with Gasteiger partial charge in [0.25, 0.3) is 11.5 Å². The van der Waals surface area contributed by atoms with Gasteiger partial charge in [0, 0.05) is 38.2 Å². The van der Waals surface area contributed by atoms with Crippen molar-refractivity contribution in [3.05, 3.63) is 74.8 Å². The van der Waals surface area contributed by atoms with E-state index >= 15 is 0 Å². The van der Waals surface area contributed by atoms with Gasteiger partial charge in [-0.2, -0.15) is 0 Å². The van der Waals surface area contributed by atoms with Crippen LogP contribution in [0.2, 0.25) is 0 Å². The number of aromatic amines is 2. The van der Waals surface area contributed by atoms with Gasteiger partial charge >= 0.3 is 0 Å². The van der Waals surface area contributed by atoms with Crippen LogP contribution in [-0.2, 0) is 11.2 Å². The minimum atomic E-state index is -0.280. The van der Waals surface area contributed by atoms with Gasteiger partial charge < -0.3 is 14.8 Å². The smallest absolute Gasteiger partial charge is 0.259 e. The number of H-pyrrole nitrogens is 2. The van der Waals surface area contributed by atoms with E-state index in [9.17, 15) is 14.4 Å². The van der Waals surface area contributed by atoms with Gasteiger partial charge in [0.2, 0.25) is 5.91 Å². The minimum Gasteiger partial charge on any atom is -0.339 e. The Bertz CT molecular complexity index is 1210. The first-order valence-corrected chi connectivity index (χ1v) is 10.8. The molecule has 0 saturated carbocycles. The molecule has 7 nitrogen and oxygen atoms in total. The van der Waals surface area contributed by atoms with Gasteiger partial charge in [0.1, 0.15) is 0 Å². The molecule has 0 unspecified atom stereocenters. The summed E-state index contributed by atoms with van der Waals surface area (Å²) >= 11 is 5.01. The number of nitrogens with one attached hydrogen (secondary N) is 2. The molecule has 3 aromatic rings. The first-order chi connectivity index (χ1) is 15.0. The standard InChI is InChI=1S/C23H24N4O3S/c28-20(8-4-7-16-5-2-1-3-6-16)26-11-13-27(14-12-26)22(30)17-9-10-18-19(15-17)24-23(31)25-21(18)29/h1-3,5-6,9-10,15H,4,7-8,11-14H2,(H2,24,25,29,31). The third kappa shape index (κ3) is 4.91. The van der Waals surface area contributed by atoms with E-state index in [4.69, 9.17) is 12.2 Å². The number of aryl methyl sites for hydroxylation is 1. The second-order valence-corrected chi connectivity index (χ2v) is 8.09. The third-order valence-corrected chi connectivity index (χ3v) is 5.81. The van der Waals surface area contributed by atoms with E-state index in [1.54, 1.807) is 23.1 Å². The highest BCUT2D eigenvalue weighted by molar-refractivity contribution is 7.71. The number of amides is 2. The summed E-state index contributed by atoms with van der Waals surface area (Å²) in [5.41, 5.74) is 1.99. The first kappa shape index (κ1) is 21.0. The highest BCUT2D eigenvalue weighted by Gasteiger charge is 2.24. The molecular formula is C23H24N4O3S. The lowest BCUT2D eigenvalue weighted by Crippen LogP contribution is -2.50. The van der Waals surface area contributed by atoms with Crippen LogP contribution >= 0.6 is 12.2 Å². The molecule has 0 spiro atoms. The molecule has 1 fully saturated rings. The maximum absolute atomic E-state index is 12.9. The van der Waals surface area contributed by atoms with Crippen molar-refractivity contribution < 1.29 is 9.59 Å². The molecule has 1 aromatic heterocycles. The van der Waals surface area contributed by atoms with E-state index < -0.39 is 0 Å². The molecule has 2 amide bonds. The number of benzene rings is 2. The van der Waals surface area contributed by atoms with Crippen LogP contribution in [0.15, 0.2) is 53.3 Å². The van der Waals surface area contributed by atoms with Crippen molar-refractivity contribution in [3.63, 3.8) is 0 Å². The van der Waals surface area contributed by atoms with Gasteiger partial charge in [-0.05, 0) is 48.8 Å². The second kappa shape index (κ2) is 9.26. The zero-order chi connectivity index (χ0) is 21.8. The Morgan fingerprint density at radius 3 is 2.39 bits per heavy atom. The van der Waals surface area contributed by atoms with Crippen LogP contribution in [0.4, 0.5) is 0 Å². The summed E-state index contributed by atoms with van der Waals surface area (Å²) in [6, 6.07) is 15.1. The Kier molecular flexibility index (Phi) is 6.27. The molecule has 2 N–H and O–H groups in total. The zero-order valence-electron chi connectivity index (χ0n) is 17.1.